The van der Waals surface area contributed by atoms with E-state index in [4.69, 9.17) is 10.8 Å². The van der Waals surface area contributed by atoms with Gasteiger partial charge in [-0.15, -0.1) is 0 Å². The summed E-state index contributed by atoms with van der Waals surface area (Å²) in [7, 11) is -3.76. The van der Waals surface area contributed by atoms with Crippen molar-refractivity contribution in [1.82, 2.24) is 4.31 Å². The SMILES string of the molecule is Nc1sc(S(=O)(=O)N2CCCC(CCO)C2)cc1[N+](=O)[O-]. The summed E-state index contributed by atoms with van der Waals surface area (Å²) in [5.74, 6) is 0.117. The van der Waals surface area contributed by atoms with Gasteiger partial charge in [-0.05, 0) is 25.2 Å². The Kier molecular flexibility index (Phi) is 4.81. The van der Waals surface area contributed by atoms with Crippen LogP contribution in [0.25, 0.3) is 0 Å². The molecule has 0 spiro atoms. The Balaban J connectivity index is 2.25. The number of aliphatic hydroxyl groups excluding tert-OH is 1. The van der Waals surface area contributed by atoms with Gasteiger partial charge < -0.3 is 10.8 Å². The van der Waals surface area contributed by atoms with E-state index in [1.54, 1.807) is 0 Å². The maximum atomic E-state index is 12.5. The van der Waals surface area contributed by atoms with Crippen LogP contribution in [-0.2, 0) is 10.0 Å². The third kappa shape index (κ3) is 3.34. The lowest BCUT2D eigenvalue weighted by Crippen LogP contribution is -2.39. The molecule has 21 heavy (non-hydrogen) atoms. The Morgan fingerprint density at radius 2 is 2.29 bits per heavy atom. The number of hydrogen-bond acceptors (Lipinski definition) is 7. The predicted molar refractivity (Wildman–Crippen MR) is 78.6 cm³/mol. The standard InChI is InChI=1S/C11H17N3O5S2/c12-11-9(14(16)17)6-10(20-11)21(18,19)13-4-1-2-8(7-13)3-5-15/h6,8,15H,1-5,7,12H2. The van der Waals surface area contributed by atoms with E-state index < -0.39 is 14.9 Å². The molecule has 1 fully saturated rings. The molecule has 0 bridgehead atoms. The summed E-state index contributed by atoms with van der Waals surface area (Å²) >= 11 is 0.715. The Morgan fingerprint density at radius 3 is 2.86 bits per heavy atom. The highest BCUT2D eigenvalue weighted by Gasteiger charge is 2.33. The van der Waals surface area contributed by atoms with Crippen LogP contribution >= 0.6 is 11.3 Å². The fraction of sp³-hybridized carbons (Fsp3) is 0.636. The van der Waals surface area contributed by atoms with E-state index in [1.807, 2.05) is 0 Å². The molecule has 8 nitrogen and oxygen atoms in total. The van der Waals surface area contributed by atoms with Crippen LogP contribution in [-0.4, -0.2) is 42.4 Å². The van der Waals surface area contributed by atoms with E-state index in [1.165, 1.54) is 4.31 Å². The maximum Gasteiger partial charge on any atom is 0.304 e. The molecule has 0 radical (unpaired) electrons. The van der Waals surface area contributed by atoms with Crippen LogP contribution in [0.15, 0.2) is 10.3 Å². The smallest absolute Gasteiger partial charge is 0.304 e. The summed E-state index contributed by atoms with van der Waals surface area (Å²) in [6.45, 7) is 0.736. The number of hydrogen-bond donors (Lipinski definition) is 2. The summed E-state index contributed by atoms with van der Waals surface area (Å²) in [4.78, 5) is 10.1. The lowest BCUT2D eigenvalue weighted by Gasteiger charge is -2.31. The fourth-order valence-corrected chi connectivity index (χ4v) is 5.36. The summed E-state index contributed by atoms with van der Waals surface area (Å²) in [6, 6.07) is 1.02. The first-order valence-corrected chi connectivity index (χ1v) is 8.76. The highest BCUT2D eigenvalue weighted by atomic mass is 32.2. The summed E-state index contributed by atoms with van der Waals surface area (Å²) < 4.78 is 26.3. The highest BCUT2D eigenvalue weighted by molar-refractivity contribution is 7.91. The zero-order chi connectivity index (χ0) is 15.6. The van der Waals surface area contributed by atoms with Crippen molar-refractivity contribution in [1.29, 1.82) is 0 Å². The molecule has 118 valence electrons. The van der Waals surface area contributed by atoms with E-state index in [0.717, 1.165) is 12.5 Å². The minimum absolute atomic E-state index is 0.0238. The zero-order valence-corrected chi connectivity index (χ0v) is 12.9. The molecule has 1 aliphatic rings. The molecular weight excluding hydrogens is 318 g/mol. The molecule has 2 heterocycles. The Bertz CT molecular complexity index is 626. The number of rotatable bonds is 5. The van der Waals surface area contributed by atoms with Crippen LogP contribution in [0.4, 0.5) is 10.7 Å². The first-order chi connectivity index (χ1) is 9.86. The minimum atomic E-state index is -3.76. The molecule has 10 heteroatoms. The van der Waals surface area contributed by atoms with Gasteiger partial charge in [0.1, 0.15) is 4.21 Å². The van der Waals surface area contributed by atoms with Crippen molar-refractivity contribution in [3.8, 4) is 0 Å². The van der Waals surface area contributed by atoms with Crippen LogP contribution in [0.1, 0.15) is 19.3 Å². The van der Waals surface area contributed by atoms with Gasteiger partial charge in [0.2, 0.25) is 0 Å². The van der Waals surface area contributed by atoms with Crippen LogP contribution in [0, 0.1) is 16.0 Å². The van der Waals surface area contributed by atoms with E-state index in [9.17, 15) is 18.5 Å². The van der Waals surface area contributed by atoms with E-state index in [0.29, 0.717) is 37.3 Å². The number of nitrogens with two attached hydrogens (primary N) is 1. The Morgan fingerprint density at radius 1 is 1.57 bits per heavy atom. The Hall–Kier alpha value is -1.23. The normalized spacial score (nSPS) is 20.5. The number of nitro groups is 1. The average molecular weight is 335 g/mol. The van der Waals surface area contributed by atoms with Gasteiger partial charge in [0.05, 0.1) is 4.92 Å². The quantitative estimate of drug-likeness (QED) is 0.611. The number of nitrogens with zero attached hydrogens (tertiary/aromatic N) is 2. The summed E-state index contributed by atoms with van der Waals surface area (Å²) in [6.07, 6.45) is 2.14. The molecular formula is C11H17N3O5S2. The average Bonchev–Trinajstić information content (AvgIpc) is 2.82. The van der Waals surface area contributed by atoms with E-state index >= 15 is 0 Å². The van der Waals surface area contributed by atoms with Gasteiger partial charge in [0.15, 0.2) is 5.00 Å². The molecule has 1 aromatic rings. The van der Waals surface area contributed by atoms with Gasteiger partial charge in [-0.3, -0.25) is 10.1 Å². The summed E-state index contributed by atoms with van der Waals surface area (Å²) in [5.41, 5.74) is 5.13. The molecule has 0 amide bonds. The fourth-order valence-electron chi connectivity index (χ4n) is 2.43. The van der Waals surface area contributed by atoms with Crippen LogP contribution in [0.2, 0.25) is 0 Å². The van der Waals surface area contributed by atoms with Crippen LogP contribution in [0.3, 0.4) is 0 Å². The van der Waals surface area contributed by atoms with E-state index in [-0.39, 0.29) is 27.4 Å². The zero-order valence-electron chi connectivity index (χ0n) is 11.3. The molecule has 1 atom stereocenters. The molecule has 3 N–H and O–H groups in total. The van der Waals surface area contributed by atoms with Crippen LogP contribution < -0.4 is 5.73 Å². The van der Waals surface area contributed by atoms with Crippen molar-refractivity contribution in [3.63, 3.8) is 0 Å². The monoisotopic (exact) mass is 335 g/mol. The molecule has 1 unspecified atom stereocenters. The number of aliphatic hydroxyl groups is 1. The van der Waals surface area contributed by atoms with Gasteiger partial charge in [-0.25, -0.2) is 8.42 Å². The second-order valence-electron chi connectivity index (χ2n) is 4.96. The van der Waals surface area contributed by atoms with Gasteiger partial charge in [-0.2, -0.15) is 4.31 Å². The number of nitrogen functional groups attached to an aromatic ring is 1. The second-order valence-corrected chi connectivity index (χ2v) is 8.20. The van der Waals surface area contributed by atoms with Gasteiger partial charge in [0, 0.05) is 25.8 Å². The van der Waals surface area contributed by atoms with Crippen molar-refractivity contribution in [2.75, 3.05) is 25.4 Å². The van der Waals surface area contributed by atoms with Gasteiger partial charge in [0.25, 0.3) is 10.0 Å². The van der Waals surface area contributed by atoms with Crippen molar-refractivity contribution >= 4 is 32.0 Å². The summed E-state index contributed by atoms with van der Waals surface area (Å²) in [5, 5.41) is 19.6. The van der Waals surface area contributed by atoms with Crippen molar-refractivity contribution < 1.29 is 18.4 Å². The Labute approximate surface area is 126 Å². The second kappa shape index (κ2) is 6.26. The maximum absolute atomic E-state index is 12.5. The predicted octanol–water partition coefficient (Wildman–Crippen LogP) is 1.02. The molecule has 1 aliphatic heterocycles. The molecule has 1 aromatic heterocycles. The number of sulfonamides is 1. The molecule has 0 saturated carbocycles. The highest BCUT2D eigenvalue weighted by Crippen LogP contribution is 2.36. The molecule has 0 aliphatic carbocycles. The largest absolute Gasteiger partial charge is 0.396 e. The van der Waals surface area contributed by atoms with Crippen LogP contribution in [0.5, 0.6) is 0 Å². The first kappa shape index (κ1) is 16.1. The lowest BCUT2D eigenvalue weighted by molar-refractivity contribution is -0.383. The first-order valence-electron chi connectivity index (χ1n) is 6.51. The minimum Gasteiger partial charge on any atom is -0.396 e. The molecule has 1 saturated heterocycles. The third-order valence-electron chi connectivity index (χ3n) is 3.53. The third-order valence-corrected chi connectivity index (χ3v) is 6.80. The van der Waals surface area contributed by atoms with Crippen molar-refractivity contribution in [3.05, 3.63) is 16.2 Å². The number of piperidine rings is 1. The van der Waals surface area contributed by atoms with Gasteiger partial charge in [-0.1, -0.05) is 11.3 Å². The molecule has 0 aromatic carbocycles. The van der Waals surface area contributed by atoms with Crippen molar-refractivity contribution in [2.45, 2.75) is 23.5 Å². The lowest BCUT2D eigenvalue weighted by atomic mass is 9.97. The number of thiophene rings is 1. The topological polar surface area (TPSA) is 127 Å². The molecule has 2 rings (SSSR count). The number of anilines is 1. The van der Waals surface area contributed by atoms with Gasteiger partial charge >= 0.3 is 5.69 Å². The van der Waals surface area contributed by atoms with Crippen molar-refractivity contribution in [2.24, 2.45) is 5.92 Å². The van der Waals surface area contributed by atoms with E-state index in [2.05, 4.69) is 0 Å².